The van der Waals surface area contributed by atoms with Crippen LogP contribution in [0.3, 0.4) is 0 Å². The van der Waals surface area contributed by atoms with Crippen LogP contribution in [0.5, 0.6) is 0 Å². The maximum Gasteiger partial charge on any atom is 0.389 e. The van der Waals surface area contributed by atoms with Gasteiger partial charge in [-0.25, -0.2) is 0 Å². The first kappa shape index (κ1) is 15.3. The van der Waals surface area contributed by atoms with Gasteiger partial charge in [-0.3, -0.25) is 4.79 Å². The summed E-state index contributed by atoms with van der Waals surface area (Å²) in [6.45, 7) is 0.257. The molecule has 0 bridgehead atoms. The molecule has 0 aromatic carbocycles. The maximum absolute atomic E-state index is 11.9. The molecule has 0 aromatic rings. The van der Waals surface area contributed by atoms with Gasteiger partial charge in [-0.15, -0.1) is 0 Å². The molecular weight excluding hydrogens is 247 g/mol. The third-order valence-electron chi connectivity index (χ3n) is 3.55. The van der Waals surface area contributed by atoms with Gasteiger partial charge in [-0.1, -0.05) is 19.3 Å². The fourth-order valence-electron chi connectivity index (χ4n) is 2.32. The summed E-state index contributed by atoms with van der Waals surface area (Å²) in [5.41, 5.74) is -0.327. The summed E-state index contributed by atoms with van der Waals surface area (Å²) in [7, 11) is 0. The Bertz CT molecular complexity index is 273. The van der Waals surface area contributed by atoms with Crippen molar-refractivity contribution >= 4 is 5.91 Å². The molecule has 0 aromatic heterocycles. The molecule has 1 aliphatic rings. The standard InChI is InChI=1S/C12H20F3NO2/c13-12(14,15)7-4-10(18)16-8-11(9-17)5-2-1-3-6-11/h17H,1-9H2,(H,16,18). The van der Waals surface area contributed by atoms with Crippen molar-refractivity contribution in [3.05, 3.63) is 0 Å². The lowest BCUT2D eigenvalue weighted by molar-refractivity contribution is -0.144. The smallest absolute Gasteiger partial charge is 0.389 e. The van der Waals surface area contributed by atoms with Crippen LogP contribution in [-0.4, -0.2) is 30.3 Å². The molecule has 18 heavy (non-hydrogen) atoms. The molecule has 0 atom stereocenters. The van der Waals surface area contributed by atoms with Gasteiger partial charge in [-0.2, -0.15) is 13.2 Å². The van der Waals surface area contributed by atoms with Crippen molar-refractivity contribution < 1.29 is 23.1 Å². The summed E-state index contributed by atoms with van der Waals surface area (Å²) in [5.74, 6) is -0.592. The fourth-order valence-corrected chi connectivity index (χ4v) is 2.32. The number of carbonyl (C=O) groups excluding carboxylic acids is 1. The van der Waals surface area contributed by atoms with E-state index in [2.05, 4.69) is 5.32 Å². The summed E-state index contributed by atoms with van der Waals surface area (Å²) >= 11 is 0. The molecule has 106 valence electrons. The average Bonchev–Trinajstić information content (AvgIpc) is 2.34. The Morgan fingerprint density at radius 3 is 2.33 bits per heavy atom. The van der Waals surface area contributed by atoms with Crippen LogP contribution in [0, 0.1) is 5.41 Å². The predicted molar refractivity (Wildman–Crippen MR) is 60.9 cm³/mol. The van der Waals surface area contributed by atoms with Crippen molar-refractivity contribution in [2.24, 2.45) is 5.41 Å². The third-order valence-corrected chi connectivity index (χ3v) is 3.55. The van der Waals surface area contributed by atoms with E-state index in [0.29, 0.717) is 0 Å². The van der Waals surface area contributed by atoms with Crippen LogP contribution < -0.4 is 5.32 Å². The number of carbonyl (C=O) groups is 1. The number of rotatable bonds is 5. The van der Waals surface area contributed by atoms with E-state index < -0.39 is 24.9 Å². The lowest BCUT2D eigenvalue weighted by Gasteiger charge is -2.35. The monoisotopic (exact) mass is 267 g/mol. The number of aliphatic hydroxyl groups is 1. The van der Waals surface area contributed by atoms with Crippen molar-refractivity contribution in [2.45, 2.75) is 51.1 Å². The minimum absolute atomic E-state index is 0.0213. The first-order valence-electron chi connectivity index (χ1n) is 6.31. The highest BCUT2D eigenvalue weighted by molar-refractivity contribution is 5.75. The van der Waals surface area contributed by atoms with Gasteiger partial charge in [0.05, 0.1) is 13.0 Å². The Morgan fingerprint density at radius 2 is 1.83 bits per heavy atom. The van der Waals surface area contributed by atoms with E-state index in [-0.39, 0.29) is 18.6 Å². The van der Waals surface area contributed by atoms with Crippen LogP contribution in [0.15, 0.2) is 0 Å². The second-order valence-corrected chi connectivity index (χ2v) is 5.11. The quantitative estimate of drug-likeness (QED) is 0.803. The van der Waals surface area contributed by atoms with Crippen molar-refractivity contribution in [1.82, 2.24) is 5.32 Å². The van der Waals surface area contributed by atoms with Gasteiger partial charge in [0.2, 0.25) is 5.91 Å². The van der Waals surface area contributed by atoms with E-state index >= 15 is 0 Å². The highest BCUT2D eigenvalue weighted by Crippen LogP contribution is 2.35. The van der Waals surface area contributed by atoms with Gasteiger partial charge in [0.25, 0.3) is 0 Å². The molecule has 0 radical (unpaired) electrons. The number of alkyl halides is 3. The van der Waals surface area contributed by atoms with Crippen molar-refractivity contribution in [1.29, 1.82) is 0 Å². The first-order chi connectivity index (χ1) is 8.37. The second kappa shape index (κ2) is 6.41. The molecule has 0 aliphatic heterocycles. The lowest BCUT2D eigenvalue weighted by Crippen LogP contribution is -2.41. The molecule has 0 spiro atoms. The van der Waals surface area contributed by atoms with E-state index in [1.165, 1.54) is 0 Å². The minimum Gasteiger partial charge on any atom is -0.396 e. The molecule has 0 heterocycles. The van der Waals surface area contributed by atoms with Crippen LogP contribution in [0.1, 0.15) is 44.9 Å². The first-order valence-corrected chi connectivity index (χ1v) is 6.31. The van der Waals surface area contributed by atoms with Crippen molar-refractivity contribution in [3.63, 3.8) is 0 Å². The van der Waals surface area contributed by atoms with E-state index in [9.17, 15) is 23.1 Å². The number of nitrogens with one attached hydrogen (secondary N) is 1. The number of aliphatic hydroxyl groups excluding tert-OH is 1. The molecule has 6 heteroatoms. The molecule has 0 saturated heterocycles. The molecule has 0 unspecified atom stereocenters. The van der Waals surface area contributed by atoms with E-state index in [4.69, 9.17) is 0 Å². The highest BCUT2D eigenvalue weighted by Gasteiger charge is 2.32. The number of amides is 1. The van der Waals surface area contributed by atoms with E-state index in [0.717, 1.165) is 32.1 Å². The van der Waals surface area contributed by atoms with Crippen LogP contribution >= 0.6 is 0 Å². The largest absolute Gasteiger partial charge is 0.396 e. The molecular formula is C12H20F3NO2. The van der Waals surface area contributed by atoms with Crippen LogP contribution in [-0.2, 0) is 4.79 Å². The second-order valence-electron chi connectivity index (χ2n) is 5.11. The fraction of sp³-hybridized carbons (Fsp3) is 0.917. The van der Waals surface area contributed by atoms with Crippen LogP contribution in [0.2, 0.25) is 0 Å². The van der Waals surface area contributed by atoms with Crippen molar-refractivity contribution in [2.75, 3.05) is 13.2 Å². The number of hydrogen-bond acceptors (Lipinski definition) is 2. The Morgan fingerprint density at radius 1 is 1.22 bits per heavy atom. The highest BCUT2D eigenvalue weighted by atomic mass is 19.4. The summed E-state index contributed by atoms with van der Waals surface area (Å²) in [6.07, 6.45) is -1.17. The van der Waals surface area contributed by atoms with Gasteiger partial charge < -0.3 is 10.4 Å². The van der Waals surface area contributed by atoms with E-state index in [1.54, 1.807) is 0 Å². The van der Waals surface area contributed by atoms with Gasteiger partial charge >= 0.3 is 6.18 Å². The zero-order chi connectivity index (χ0) is 13.6. The average molecular weight is 267 g/mol. The molecule has 1 amide bonds. The molecule has 1 fully saturated rings. The Hall–Kier alpha value is -0.780. The Labute approximate surface area is 105 Å². The van der Waals surface area contributed by atoms with Crippen LogP contribution in [0.4, 0.5) is 13.2 Å². The Balaban J connectivity index is 2.32. The topological polar surface area (TPSA) is 49.3 Å². The van der Waals surface area contributed by atoms with Gasteiger partial charge in [0.15, 0.2) is 0 Å². The summed E-state index contributed by atoms with van der Waals surface area (Å²) < 4.78 is 35.8. The summed E-state index contributed by atoms with van der Waals surface area (Å²) in [6, 6.07) is 0. The normalized spacial score (nSPS) is 19.6. The summed E-state index contributed by atoms with van der Waals surface area (Å²) in [5, 5.41) is 11.9. The number of halogens is 3. The predicted octanol–water partition coefficient (Wildman–Crippen LogP) is 2.39. The molecule has 1 saturated carbocycles. The van der Waals surface area contributed by atoms with Gasteiger partial charge in [-0.05, 0) is 12.8 Å². The third kappa shape index (κ3) is 5.25. The van der Waals surface area contributed by atoms with Crippen LogP contribution in [0.25, 0.3) is 0 Å². The minimum atomic E-state index is -4.29. The Kier molecular flexibility index (Phi) is 5.44. The van der Waals surface area contributed by atoms with Crippen molar-refractivity contribution in [3.8, 4) is 0 Å². The molecule has 2 N–H and O–H groups in total. The van der Waals surface area contributed by atoms with Gasteiger partial charge in [0, 0.05) is 18.4 Å². The maximum atomic E-state index is 11.9. The lowest BCUT2D eigenvalue weighted by atomic mass is 9.74. The molecule has 1 aliphatic carbocycles. The summed E-state index contributed by atoms with van der Waals surface area (Å²) in [4.78, 5) is 11.3. The molecule has 3 nitrogen and oxygen atoms in total. The SMILES string of the molecule is O=C(CCC(F)(F)F)NCC1(CO)CCCCC1. The van der Waals surface area contributed by atoms with Gasteiger partial charge in [0.1, 0.15) is 0 Å². The van der Waals surface area contributed by atoms with E-state index in [1.807, 2.05) is 0 Å². The molecule has 1 rings (SSSR count). The number of hydrogen-bond donors (Lipinski definition) is 2. The zero-order valence-electron chi connectivity index (χ0n) is 10.4. The zero-order valence-corrected chi connectivity index (χ0v) is 10.4.